The Morgan fingerprint density at radius 2 is 2.19 bits per heavy atom. The van der Waals surface area contributed by atoms with Gasteiger partial charge in [0.1, 0.15) is 10.4 Å². The lowest BCUT2D eigenvalue weighted by molar-refractivity contribution is 0.489. The molecular weight excluding hydrogens is 272 g/mol. The van der Waals surface area contributed by atoms with Gasteiger partial charge in [-0.25, -0.2) is 18.5 Å². The van der Waals surface area contributed by atoms with Gasteiger partial charge in [-0.2, -0.15) is 0 Å². The van der Waals surface area contributed by atoms with E-state index in [4.69, 9.17) is 21.2 Å². The van der Waals surface area contributed by atoms with Crippen LogP contribution in [-0.2, 0) is 10.0 Å². The number of nitrogens with two attached hydrogens (primary N) is 1. The van der Waals surface area contributed by atoms with Crippen LogP contribution in [0.25, 0.3) is 11.1 Å². The molecule has 0 aliphatic rings. The molecular formula is C8H7ClN2O3S2. The smallest absolute Gasteiger partial charge is 0.256 e. The number of thioether (sulfide) groups is 1. The molecule has 8 heteroatoms. The van der Waals surface area contributed by atoms with Crippen molar-refractivity contribution in [2.45, 2.75) is 10.1 Å². The highest BCUT2D eigenvalue weighted by Gasteiger charge is 2.16. The standard InChI is InChI=1S/C8H7ClN2O3S2/c1-15-8-11-5-2-4(9)7(16(10,12)13)3-6(5)14-8/h2-3H,1H3,(H2,10,12,13). The third kappa shape index (κ3) is 2.03. The Labute approximate surface area is 101 Å². The maximum atomic E-state index is 11.2. The number of primary sulfonamides is 1. The summed E-state index contributed by atoms with van der Waals surface area (Å²) in [5, 5.41) is 5.49. The Balaban J connectivity index is 2.75. The van der Waals surface area contributed by atoms with Crippen LogP contribution < -0.4 is 5.14 Å². The van der Waals surface area contributed by atoms with Crippen molar-refractivity contribution < 1.29 is 12.8 Å². The zero-order valence-electron chi connectivity index (χ0n) is 8.10. The number of aromatic nitrogens is 1. The summed E-state index contributed by atoms with van der Waals surface area (Å²) < 4.78 is 27.7. The topological polar surface area (TPSA) is 86.2 Å². The van der Waals surface area contributed by atoms with E-state index in [2.05, 4.69) is 4.98 Å². The molecule has 0 atom stereocenters. The zero-order chi connectivity index (χ0) is 11.9. The monoisotopic (exact) mass is 278 g/mol. The summed E-state index contributed by atoms with van der Waals surface area (Å²) in [6.07, 6.45) is 1.80. The second-order valence-corrected chi connectivity index (χ2v) is 5.67. The summed E-state index contributed by atoms with van der Waals surface area (Å²) in [5.41, 5.74) is 0.847. The first-order chi connectivity index (χ1) is 7.41. The number of sulfonamides is 1. The first-order valence-corrected chi connectivity index (χ1v) is 7.23. The predicted molar refractivity (Wildman–Crippen MR) is 62.2 cm³/mol. The predicted octanol–water partition coefficient (Wildman–Crippen LogP) is 1.85. The van der Waals surface area contributed by atoms with Gasteiger partial charge in [-0.05, 0) is 12.3 Å². The van der Waals surface area contributed by atoms with Gasteiger partial charge in [0.15, 0.2) is 5.58 Å². The molecule has 0 saturated heterocycles. The van der Waals surface area contributed by atoms with Gasteiger partial charge in [-0.3, -0.25) is 0 Å². The number of oxazole rings is 1. The van der Waals surface area contributed by atoms with Gasteiger partial charge < -0.3 is 4.42 Å². The maximum absolute atomic E-state index is 11.2. The summed E-state index contributed by atoms with van der Waals surface area (Å²) in [5.74, 6) is 0. The van der Waals surface area contributed by atoms with E-state index in [1.54, 1.807) is 6.26 Å². The van der Waals surface area contributed by atoms with Gasteiger partial charge in [-0.1, -0.05) is 23.4 Å². The molecule has 1 heterocycles. The highest BCUT2D eigenvalue weighted by molar-refractivity contribution is 7.98. The van der Waals surface area contributed by atoms with E-state index in [0.29, 0.717) is 16.3 Å². The number of benzene rings is 1. The number of hydrogen-bond acceptors (Lipinski definition) is 5. The lowest BCUT2D eigenvalue weighted by Gasteiger charge is -1.99. The molecule has 5 nitrogen and oxygen atoms in total. The van der Waals surface area contributed by atoms with Crippen LogP contribution in [0.4, 0.5) is 0 Å². The van der Waals surface area contributed by atoms with Crippen molar-refractivity contribution in [1.82, 2.24) is 4.98 Å². The lowest BCUT2D eigenvalue weighted by atomic mass is 10.3. The highest BCUT2D eigenvalue weighted by atomic mass is 35.5. The number of rotatable bonds is 2. The van der Waals surface area contributed by atoms with Gasteiger partial charge in [-0.15, -0.1) is 0 Å². The summed E-state index contributed by atoms with van der Waals surface area (Å²) >= 11 is 7.10. The van der Waals surface area contributed by atoms with Gasteiger partial charge in [0.05, 0.1) is 5.02 Å². The quantitative estimate of drug-likeness (QED) is 0.847. The number of nitrogens with zero attached hydrogens (tertiary/aromatic N) is 1. The largest absolute Gasteiger partial charge is 0.431 e. The van der Waals surface area contributed by atoms with Crippen molar-refractivity contribution in [2.75, 3.05) is 6.26 Å². The molecule has 2 aromatic rings. The molecule has 86 valence electrons. The van der Waals surface area contributed by atoms with Crippen LogP contribution in [-0.4, -0.2) is 19.7 Å². The van der Waals surface area contributed by atoms with E-state index in [-0.39, 0.29) is 9.92 Å². The third-order valence-electron chi connectivity index (χ3n) is 1.90. The molecule has 0 bridgehead atoms. The van der Waals surface area contributed by atoms with Gasteiger partial charge in [0.25, 0.3) is 5.22 Å². The van der Waals surface area contributed by atoms with Crippen molar-refractivity contribution >= 4 is 44.5 Å². The molecule has 1 aromatic carbocycles. The Hall–Kier alpha value is -0.760. The van der Waals surface area contributed by atoms with Gasteiger partial charge >= 0.3 is 0 Å². The normalized spacial score (nSPS) is 12.2. The van der Waals surface area contributed by atoms with Crippen molar-refractivity contribution in [3.05, 3.63) is 17.2 Å². The van der Waals surface area contributed by atoms with Crippen LogP contribution in [0.3, 0.4) is 0 Å². The minimum Gasteiger partial charge on any atom is -0.431 e. The second-order valence-electron chi connectivity index (χ2n) is 2.98. The second kappa shape index (κ2) is 3.92. The van der Waals surface area contributed by atoms with E-state index >= 15 is 0 Å². The fraction of sp³-hybridized carbons (Fsp3) is 0.125. The van der Waals surface area contributed by atoms with Crippen molar-refractivity contribution in [2.24, 2.45) is 5.14 Å². The molecule has 0 amide bonds. The summed E-state index contributed by atoms with van der Waals surface area (Å²) in [6.45, 7) is 0. The molecule has 16 heavy (non-hydrogen) atoms. The minimum atomic E-state index is -3.85. The van der Waals surface area contributed by atoms with Gasteiger partial charge in [0.2, 0.25) is 10.0 Å². The maximum Gasteiger partial charge on any atom is 0.256 e. The van der Waals surface area contributed by atoms with Crippen LogP contribution in [0.2, 0.25) is 5.02 Å². The van der Waals surface area contributed by atoms with E-state index in [0.717, 1.165) is 0 Å². The number of fused-ring (bicyclic) bond motifs is 1. The molecule has 0 radical (unpaired) electrons. The zero-order valence-corrected chi connectivity index (χ0v) is 10.5. The molecule has 0 fully saturated rings. The van der Waals surface area contributed by atoms with Crippen molar-refractivity contribution in [3.8, 4) is 0 Å². The van der Waals surface area contributed by atoms with Gasteiger partial charge in [0, 0.05) is 6.07 Å². The third-order valence-corrected chi connectivity index (χ3v) is 3.80. The van der Waals surface area contributed by atoms with E-state index in [9.17, 15) is 8.42 Å². The Morgan fingerprint density at radius 1 is 1.50 bits per heavy atom. The SMILES string of the molecule is CSc1nc2cc(Cl)c(S(N)(=O)=O)cc2o1. The van der Waals surface area contributed by atoms with Crippen LogP contribution >= 0.6 is 23.4 Å². The lowest BCUT2D eigenvalue weighted by Crippen LogP contribution is -2.12. The Morgan fingerprint density at radius 3 is 2.75 bits per heavy atom. The molecule has 0 aliphatic heterocycles. The first kappa shape index (κ1) is 11.7. The summed E-state index contributed by atoms with van der Waals surface area (Å²) in [7, 11) is -3.85. The van der Waals surface area contributed by atoms with Crippen LogP contribution in [0.1, 0.15) is 0 Å². The van der Waals surface area contributed by atoms with Crippen molar-refractivity contribution in [3.63, 3.8) is 0 Å². The van der Waals surface area contributed by atoms with E-state index in [1.807, 2.05) is 0 Å². The molecule has 2 N–H and O–H groups in total. The van der Waals surface area contributed by atoms with E-state index < -0.39 is 10.0 Å². The molecule has 0 spiro atoms. The molecule has 0 unspecified atom stereocenters. The molecule has 0 saturated carbocycles. The molecule has 0 aliphatic carbocycles. The molecule has 1 aromatic heterocycles. The fourth-order valence-corrected chi connectivity index (χ4v) is 2.66. The Bertz CT molecular complexity index is 651. The molecule has 2 rings (SSSR count). The van der Waals surface area contributed by atoms with Crippen molar-refractivity contribution in [1.29, 1.82) is 0 Å². The fourth-order valence-electron chi connectivity index (χ4n) is 1.21. The first-order valence-electron chi connectivity index (χ1n) is 4.08. The summed E-state index contributed by atoms with van der Waals surface area (Å²) in [6, 6.07) is 2.69. The average Bonchev–Trinajstić information content (AvgIpc) is 2.56. The van der Waals surface area contributed by atoms with Crippen LogP contribution in [0.15, 0.2) is 26.7 Å². The van der Waals surface area contributed by atoms with E-state index in [1.165, 1.54) is 23.9 Å². The Kier molecular flexibility index (Phi) is 2.87. The highest BCUT2D eigenvalue weighted by Crippen LogP contribution is 2.29. The summed E-state index contributed by atoms with van der Waals surface area (Å²) in [4.78, 5) is 3.93. The minimum absolute atomic E-state index is 0.0379. The average molecular weight is 279 g/mol. The van der Waals surface area contributed by atoms with Crippen LogP contribution in [0, 0.1) is 0 Å². The number of hydrogen-bond donors (Lipinski definition) is 1. The number of halogens is 1. The van der Waals surface area contributed by atoms with Crippen LogP contribution in [0.5, 0.6) is 0 Å².